The number of nitrogens with one attached hydrogen (secondary N) is 1. The fourth-order valence-electron chi connectivity index (χ4n) is 4.16. The van der Waals surface area contributed by atoms with Gasteiger partial charge in [0.15, 0.2) is 11.5 Å². The summed E-state index contributed by atoms with van der Waals surface area (Å²) in [5.74, 6) is 0.936. The number of fused-ring (bicyclic) bond motifs is 1. The van der Waals surface area contributed by atoms with Gasteiger partial charge in [-0.2, -0.15) is 0 Å². The number of nitrogens with zero attached hydrogens (tertiary/aromatic N) is 2. The third-order valence-electron chi connectivity index (χ3n) is 5.98. The normalized spacial score (nSPS) is 15.4. The molecule has 0 unspecified atom stereocenters. The zero-order valence-electron chi connectivity index (χ0n) is 20.8. The molecule has 190 valence electrons. The van der Waals surface area contributed by atoms with E-state index in [4.69, 9.17) is 14.2 Å². The molecule has 2 aliphatic heterocycles. The quantitative estimate of drug-likeness (QED) is 0.467. The summed E-state index contributed by atoms with van der Waals surface area (Å²) < 4.78 is 16.5. The highest BCUT2D eigenvalue weighted by Crippen LogP contribution is 2.35. The van der Waals surface area contributed by atoms with Crippen LogP contribution in [0.1, 0.15) is 29.8 Å². The number of piperazine rings is 1. The van der Waals surface area contributed by atoms with Gasteiger partial charge < -0.3 is 24.4 Å². The van der Waals surface area contributed by atoms with Crippen molar-refractivity contribution in [1.82, 2.24) is 15.1 Å². The molecule has 9 nitrogen and oxygen atoms in total. The van der Waals surface area contributed by atoms with Crippen molar-refractivity contribution in [2.45, 2.75) is 19.9 Å². The Balaban J connectivity index is 1.31. The summed E-state index contributed by atoms with van der Waals surface area (Å²) in [4.78, 5) is 41.3. The highest BCUT2D eigenvalue weighted by atomic mass is 16.5. The van der Waals surface area contributed by atoms with Crippen LogP contribution in [0.5, 0.6) is 17.2 Å². The molecule has 36 heavy (non-hydrogen) atoms. The van der Waals surface area contributed by atoms with Gasteiger partial charge in [-0.25, -0.2) is 4.79 Å². The van der Waals surface area contributed by atoms with E-state index in [1.807, 2.05) is 30.9 Å². The molecule has 2 aromatic carbocycles. The predicted molar refractivity (Wildman–Crippen MR) is 134 cm³/mol. The van der Waals surface area contributed by atoms with Crippen molar-refractivity contribution < 1.29 is 28.6 Å². The predicted octanol–water partition coefficient (Wildman–Crippen LogP) is 2.36. The summed E-state index contributed by atoms with van der Waals surface area (Å²) >= 11 is 0. The SMILES string of the molecule is COc1cccc2c1OCC(C(=O)Oc1ccc(C(=O)N3CCN(CC(=O)NC(C)C)CC3)cc1)=C2. The smallest absolute Gasteiger partial charge is 0.342 e. The van der Waals surface area contributed by atoms with Crippen LogP contribution in [-0.2, 0) is 9.59 Å². The first-order valence-corrected chi connectivity index (χ1v) is 12.0. The van der Waals surface area contributed by atoms with Crippen molar-refractivity contribution in [1.29, 1.82) is 0 Å². The van der Waals surface area contributed by atoms with Crippen LogP contribution in [0.4, 0.5) is 0 Å². The van der Waals surface area contributed by atoms with Crippen molar-refractivity contribution >= 4 is 23.9 Å². The summed E-state index contributed by atoms with van der Waals surface area (Å²) in [5.41, 5.74) is 1.65. The minimum absolute atomic E-state index is 0.00518. The Bertz CT molecular complexity index is 1150. The number of amides is 2. The molecule has 1 fully saturated rings. The van der Waals surface area contributed by atoms with E-state index in [-0.39, 0.29) is 24.5 Å². The molecule has 2 heterocycles. The third-order valence-corrected chi connectivity index (χ3v) is 5.98. The van der Waals surface area contributed by atoms with E-state index < -0.39 is 5.97 Å². The first-order valence-electron chi connectivity index (χ1n) is 12.0. The molecule has 0 aromatic heterocycles. The molecule has 1 N–H and O–H groups in total. The Morgan fingerprint density at radius 3 is 2.42 bits per heavy atom. The summed E-state index contributed by atoms with van der Waals surface area (Å²) in [6.45, 7) is 6.64. The van der Waals surface area contributed by atoms with Crippen LogP contribution in [0.2, 0.25) is 0 Å². The number of para-hydroxylation sites is 1. The second-order valence-electron chi connectivity index (χ2n) is 9.04. The molecule has 1 saturated heterocycles. The molecule has 0 spiro atoms. The molecule has 0 atom stereocenters. The van der Waals surface area contributed by atoms with Gasteiger partial charge in [0, 0.05) is 43.3 Å². The van der Waals surface area contributed by atoms with Gasteiger partial charge in [-0.3, -0.25) is 14.5 Å². The van der Waals surface area contributed by atoms with Gasteiger partial charge in [-0.1, -0.05) is 12.1 Å². The molecule has 0 saturated carbocycles. The lowest BCUT2D eigenvalue weighted by molar-refractivity contribution is -0.130. The zero-order valence-corrected chi connectivity index (χ0v) is 20.8. The average Bonchev–Trinajstić information content (AvgIpc) is 2.88. The fraction of sp³-hybridized carbons (Fsp3) is 0.370. The minimum atomic E-state index is -0.514. The van der Waals surface area contributed by atoms with E-state index in [0.717, 1.165) is 5.56 Å². The van der Waals surface area contributed by atoms with E-state index in [2.05, 4.69) is 5.32 Å². The summed E-state index contributed by atoms with van der Waals surface area (Å²) in [6, 6.07) is 12.1. The van der Waals surface area contributed by atoms with Gasteiger partial charge in [0.25, 0.3) is 5.91 Å². The molecule has 2 aliphatic rings. The van der Waals surface area contributed by atoms with Crippen molar-refractivity contribution in [3.63, 3.8) is 0 Å². The summed E-state index contributed by atoms with van der Waals surface area (Å²) in [7, 11) is 1.57. The fourth-order valence-corrected chi connectivity index (χ4v) is 4.16. The van der Waals surface area contributed by atoms with Crippen LogP contribution >= 0.6 is 0 Å². The highest BCUT2D eigenvalue weighted by Gasteiger charge is 2.24. The maximum Gasteiger partial charge on any atom is 0.342 e. The van der Waals surface area contributed by atoms with Gasteiger partial charge in [0.1, 0.15) is 12.4 Å². The molecule has 9 heteroatoms. The minimum Gasteiger partial charge on any atom is -0.493 e. The van der Waals surface area contributed by atoms with Crippen molar-refractivity contribution in [2.24, 2.45) is 0 Å². The van der Waals surface area contributed by atoms with Crippen molar-refractivity contribution in [2.75, 3.05) is 46.4 Å². The van der Waals surface area contributed by atoms with Crippen LogP contribution in [0, 0.1) is 0 Å². The monoisotopic (exact) mass is 493 g/mol. The lowest BCUT2D eigenvalue weighted by atomic mass is 10.1. The zero-order chi connectivity index (χ0) is 25.7. The molecule has 0 bridgehead atoms. The number of benzene rings is 2. The number of hydrogen-bond donors (Lipinski definition) is 1. The number of esters is 1. The Labute approximate surface area is 210 Å². The van der Waals surface area contributed by atoms with Crippen LogP contribution in [0.15, 0.2) is 48.0 Å². The van der Waals surface area contributed by atoms with E-state index in [1.54, 1.807) is 48.4 Å². The molecule has 2 aromatic rings. The lowest BCUT2D eigenvalue weighted by Crippen LogP contribution is -2.51. The lowest BCUT2D eigenvalue weighted by Gasteiger charge is -2.34. The van der Waals surface area contributed by atoms with E-state index in [9.17, 15) is 14.4 Å². The van der Waals surface area contributed by atoms with Crippen LogP contribution in [-0.4, -0.2) is 80.1 Å². The summed E-state index contributed by atoms with van der Waals surface area (Å²) in [5, 5.41) is 2.89. The first kappa shape index (κ1) is 25.2. The van der Waals surface area contributed by atoms with Crippen LogP contribution in [0.25, 0.3) is 6.08 Å². The summed E-state index contributed by atoms with van der Waals surface area (Å²) in [6.07, 6.45) is 1.73. The topological polar surface area (TPSA) is 97.4 Å². The van der Waals surface area contributed by atoms with Gasteiger partial charge in [0.05, 0.1) is 19.2 Å². The van der Waals surface area contributed by atoms with E-state index in [0.29, 0.717) is 61.1 Å². The molecular weight excluding hydrogens is 462 g/mol. The second-order valence-corrected chi connectivity index (χ2v) is 9.04. The Morgan fingerprint density at radius 1 is 1.03 bits per heavy atom. The Morgan fingerprint density at radius 2 is 1.75 bits per heavy atom. The van der Waals surface area contributed by atoms with Crippen molar-refractivity contribution in [3.8, 4) is 17.2 Å². The molecular formula is C27H31N3O6. The molecule has 4 rings (SSSR count). The maximum atomic E-state index is 12.9. The first-order chi connectivity index (χ1) is 17.3. The standard InChI is InChI=1S/C27H31N3O6/c1-18(2)28-24(31)16-29-11-13-30(14-12-29)26(32)19-7-9-22(10-8-19)36-27(33)21-15-20-5-4-6-23(34-3)25(20)35-17-21/h4-10,15,18H,11-14,16-17H2,1-3H3,(H,28,31). The second kappa shape index (κ2) is 11.3. The third kappa shape index (κ3) is 6.04. The van der Waals surface area contributed by atoms with Gasteiger partial charge in [-0.15, -0.1) is 0 Å². The van der Waals surface area contributed by atoms with E-state index >= 15 is 0 Å². The molecule has 0 radical (unpaired) electrons. The number of methoxy groups -OCH3 is 1. The van der Waals surface area contributed by atoms with Crippen molar-refractivity contribution in [3.05, 3.63) is 59.2 Å². The van der Waals surface area contributed by atoms with Gasteiger partial charge in [-0.05, 0) is 50.3 Å². The number of rotatable bonds is 7. The maximum absolute atomic E-state index is 12.9. The number of carbonyl (C=O) groups is 3. The number of carbonyl (C=O) groups excluding carboxylic acids is 3. The Hall–Kier alpha value is -3.85. The number of ether oxygens (including phenoxy) is 3. The largest absolute Gasteiger partial charge is 0.493 e. The highest BCUT2D eigenvalue weighted by molar-refractivity contribution is 5.97. The molecule has 0 aliphatic carbocycles. The molecule has 2 amide bonds. The average molecular weight is 494 g/mol. The Kier molecular flexibility index (Phi) is 7.90. The number of hydrogen-bond acceptors (Lipinski definition) is 7. The van der Waals surface area contributed by atoms with Gasteiger partial charge in [0.2, 0.25) is 5.91 Å². The van der Waals surface area contributed by atoms with Gasteiger partial charge >= 0.3 is 5.97 Å². The van der Waals surface area contributed by atoms with Crippen LogP contribution in [0.3, 0.4) is 0 Å². The van der Waals surface area contributed by atoms with Crippen LogP contribution < -0.4 is 19.5 Å². The van der Waals surface area contributed by atoms with E-state index in [1.165, 1.54) is 0 Å².